The van der Waals surface area contributed by atoms with Crippen molar-refractivity contribution in [3.05, 3.63) is 64.7 Å². The average molecular weight is 474 g/mol. The van der Waals surface area contributed by atoms with E-state index in [4.69, 9.17) is 4.74 Å². The molecular weight excluding hydrogens is 442 g/mol. The quantitative estimate of drug-likeness (QED) is 0.666. The number of hydrogen-bond acceptors (Lipinski definition) is 5. The fourth-order valence-corrected chi connectivity index (χ4v) is 4.51. The van der Waals surface area contributed by atoms with E-state index < -0.39 is 15.9 Å². The molecule has 0 radical (unpaired) electrons. The lowest BCUT2D eigenvalue weighted by molar-refractivity contribution is -0.120. The van der Waals surface area contributed by atoms with Crippen molar-refractivity contribution in [1.29, 1.82) is 0 Å². The van der Waals surface area contributed by atoms with Crippen LogP contribution in [0.2, 0.25) is 0 Å². The van der Waals surface area contributed by atoms with Crippen molar-refractivity contribution in [3.8, 4) is 0 Å². The highest BCUT2D eigenvalue weighted by Crippen LogP contribution is 2.20. The number of rotatable bonds is 7. The van der Waals surface area contributed by atoms with Crippen LogP contribution in [0.1, 0.15) is 40.0 Å². The number of hydrogen-bond donors (Lipinski definition) is 1. The summed E-state index contributed by atoms with van der Waals surface area (Å²) in [4.78, 5) is 27.0. The average Bonchev–Trinajstić information content (AvgIpc) is 2.78. The zero-order chi connectivity index (χ0) is 24.2. The first-order valence-electron chi connectivity index (χ1n) is 10.9. The number of carbonyl (C=O) groups excluding carboxylic acids is 2. The van der Waals surface area contributed by atoms with Crippen LogP contribution in [0.3, 0.4) is 0 Å². The van der Waals surface area contributed by atoms with Crippen LogP contribution in [0.5, 0.6) is 0 Å². The molecule has 1 aliphatic rings. The second-order valence-electron chi connectivity index (χ2n) is 8.35. The van der Waals surface area contributed by atoms with Gasteiger partial charge in [-0.15, -0.1) is 0 Å². The Morgan fingerprint density at radius 2 is 1.70 bits per heavy atom. The van der Waals surface area contributed by atoms with Gasteiger partial charge in [0.15, 0.2) is 0 Å². The van der Waals surface area contributed by atoms with Crippen LogP contribution < -0.4 is 9.62 Å². The van der Waals surface area contributed by atoms with Crippen LogP contribution in [0.15, 0.2) is 42.5 Å². The van der Waals surface area contributed by atoms with E-state index >= 15 is 0 Å². The number of ether oxygens (including phenoxy) is 1. The Balaban J connectivity index is 1.71. The lowest BCUT2D eigenvalue weighted by Crippen LogP contribution is -2.41. The third-order valence-corrected chi connectivity index (χ3v) is 6.94. The van der Waals surface area contributed by atoms with Gasteiger partial charge in [-0.1, -0.05) is 18.2 Å². The number of anilines is 1. The van der Waals surface area contributed by atoms with Gasteiger partial charge in [-0.3, -0.25) is 13.9 Å². The minimum absolute atomic E-state index is 0.129. The Labute approximate surface area is 195 Å². The first-order valence-corrected chi connectivity index (χ1v) is 12.7. The first kappa shape index (κ1) is 24.7. The van der Waals surface area contributed by atoms with Gasteiger partial charge in [-0.05, 0) is 61.7 Å². The van der Waals surface area contributed by atoms with Crippen LogP contribution in [0.25, 0.3) is 0 Å². The fraction of sp³-hybridized carbons (Fsp3) is 0.417. The topological polar surface area (TPSA) is 96.0 Å². The van der Waals surface area contributed by atoms with E-state index in [9.17, 15) is 18.0 Å². The van der Waals surface area contributed by atoms with E-state index in [0.717, 1.165) is 27.3 Å². The van der Waals surface area contributed by atoms with E-state index in [1.54, 1.807) is 29.2 Å². The Morgan fingerprint density at radius 3 is 2.27 bits per heavy atom. The van der Waals surface area contributed by atoms with Crippen molar-refractivity contribution in [3.63, 3.8) is 0 Å². The van der Waals surface area contributed by atoms with E-state index in [-0.39, 0.29) is 18.5 Å². The molecule has 1 aliphatic heterocycles. The van der Waals surface area contributed by atoms with Crippen molar-refractivity contribution in [1.82, 2.24) is 10.2 Å². The molecule has 1 fully saturated rings. The second-order valence-corrected chi connectivity index (χ2v) is 10.3. The Morgan fingerprint density at radius 1 is 1.06 bits per heavy atom. The predicted molar refractivity (Wildman–Crippen MR) is 128 cm³/mol. The molecule has 1 heterocycles. The van der Waals surface area contributed by atoms with Gasteiger partial charge in [0, 0.05) is 18.7 Å². The summed E-state index contributed by atoms with van der Waals surface area (Å²) < 4.78 is 31.2. The molecule has 9 heteroatoms. The number of nitrogens with zero attached hydrogens (tertiary/aromatic N) is 2. The van der Waals surface area contributed by atoms with Gasteiger partial charge >= 0.3 is 0 Å². The first-order chi connectivity index (χ1) is 15.6. The number of amides is 2. The number of aryl methyl sites for hydroxylation is 2. The molecule has 2 aromatic carbocycles. The van der Waals surface area contributed by atoms with Gasteiger partial charge in [0.25, 0.3) is 5.91 Å². The fourth-order valence-electron chi connectivity index (χ4n) is 3.65. The largest absolute Gasteiger partial charge is 0.378 e. The molecule has 178 valence electrons. The number of benzene rings is 2. The minimum atomic E-state index is -3.72. The van der Waals surface area contributed by atoms with Crippen LogP contribution in [-0.2, 0) is 19.6 Å². The Bertz CT molecular complexity index is 1110. The molecule has 0 aromatic heterocycles. The van der Waals surface area contributed by atoms with Gasteiger partial charge in [0.05, 0.1) is 31.2 Å². The van der Waals surface area contributed by atoms with Crippen molar-refractivity contribution >= 4 is 27.5 Å². The molecule has 0 saturated carbocycles. The molecule has 2 amide bonds. The molecule has 0 aliphatic carbocycles. The van der Waals surface area contributed by atoms with Crippen LogP contribution in [0.4, 0.5) is 5.69 Å². The lowest BCUT2D eigenvalue weighted by Gasteiger charge is -2.27. The maximum atomic E-state index is 12.7. The number of morpholine rings is 1. The summed E-state index contributed by atoms with van der Waals surface area (Å²) in [5, 5.41) is 2.87. The summed E-state index contributed by atoms with van der Waals surface area (Å²) in [6.45, 7) is 7.58. The van der Waals surface area contributed by atoms with Gasteiger partial charge in [0.1, 0.15) is 6.54 Å². The van der Waals surface area contributed by atoms with E-state index in [0.29, 0.717) is 37.6 Å². The summed E-state index contributed by atoms with van der Waals surface area (Å²) in [5.41, 5.74) is 4.02. The van der Waals surface area contributed by atoms with Crippen LogP contribution >= 0.6 is 0 Å². The van der Waals surface area contributed by atoms with Crippen molar-refractivity contribution in [2.45, 2.75) is 26.8 Å². The summed E-state index contributed by atoms with van der Waals surface area (Å²) in [6, 6.07) is 12.0. The monoisotopic (exact) mass is 473 g/mol. The highest BCUT2D eigenvalue weighted by atomic mass is 32.2. The molecule has 8 nitrogen and oxygen atoms in total. The molecular formula is C24H31N3O5S. The summed E-state index contributed by atoms with van der Waals surface area (Å²) in [6.07, 6.45) is 1.06. The molecule has 1 N–H and O–H groups in total. The van der Waals surface area contributed by atoms with Gasteiger partial charge in [-0.25, -0.2) is 8.42 Å². The third-order valence-electron chi connectivity index (χ3n) is 5.80. The molecule has 1 atom stereocenters. The summed E-state index contributed by atoms with van der Waals surface area (Å²) in [7, 11) is -3.72. The Kier molecular flexibility index (Phi) is 7.76. The zero-order valence-electron chi connectivity index (χ0n) is 19.5. The summed E-state index contributed by atoms with van der Waals surface area (Å²) >= 11 is 0. The summed E-state index contributed by atoms with van der Waals surface area (Å²) in [5.74, 6) is -0.546. The number of sulfonamides is 1. The standard InChI is InChI=1S/C24H31N3O5S/c1-17-5-6-21(15-18(17)2)19(3)25-23(28)16-27(33(4,30)31)22-9-7-20(8-10-22)24(29)26-11-13-32-14-12-26/h5-10,15,19H,11-14,16H2,1-4H3,(H,25,28). The minimum Gasteiger partial charge on any atom is -0.378 e. The molecule has 3 rings (SSSR count). The van der Waals surface area contributed by atoms with E-state index in [1.807, 2.05) is 39.0 Å². The zero-order valence-corrected chi connectivity index (χ0v) is 20.3. The predicted octanol–water partition coefficient (Wildman–Crippen LogP) is 2.42. The molecule has 33 heavy (non-hydrogen) atoms. The molecule has 0 bridgehead atoms. The highest BCUT2D eigenvalue weighted by molar-refractivity contribution is 7.92. The van der Waals surface area contributed by atoms with Crippen LogP contribution in [0, 0.1) is 13.8 Å². The molecule has 0 spiro atoms. The maximum absolute atomic E-state index is 12.7. The van der Waals surface area contributed by atoms with Gasteiger partial charge in [-0.2, -0.15) is 0 Å². The SMILES string of the molecule is Cc1ccc(C(C)NC(=O)CN(c2ccc(C(=O)N3CCOCC3)cc2)S(C)(=O)=O)cc1C. The normalized spacial score (nSPS) is 15.1. The van der Waals surface area contributed by atoms with E-state index in [2.05, 4.69) is 5.32 Å². The maximum Gasteiger partial charge on any atom is 0.254 e. The number of nitrogens with one attached hydrogen (secondary N) is 1. The number of carbonyl (C=O) groups is 2. The van der Waals surface area contributed by atoms with Gasteiger partial charge < -0.3 is 15.0 Å². The van der Waals surface area contributed by atoms with Crippen molar-refractivity contribution in [2.24, 2.45) is 0 Å². The van der Waals surface area contributed by atoms with Crippen LogP contribution in [-0.4, -0.2) is 64.2 Å². The lowest BCUT2D eigenvalue weighted by atomic mass is 10.0. The highest BCUT2D eigenvalue weighted by Gasteiger charge is 2.23. The van der Waals surface area contributed by atoms with Crippen molar-refractivity contribution < 1.29 is 22.7 Å². The second kappa shape index (κ2) is 10.4. The smallest absolute Gasteiger partial charge is 0.254 e. The molecule has 2 aromatic rings. The Hall–Kier alpha value is -2.91. The van der Waals surface area contributed by atoms with Crippen molar-refractivity contribution in [2.75, 3.05) is 43.4 Å². The van der Waals surface area contributed by atoms with Gasteiger partial charge in [0.2, 0.25) is 15.9 Å². The molecule has 1 saturated heterocycles. The van der Waals surface area contributed by atoms with E-state index in [1.165, 1.54) is 0 Å². The molecule has 1 unspecified atom stereocenters. The third kappa shape index (κ3) is 6.33.